The predicted molar refractivity (Wildman–Crippen MR) is 137 cm³/mol. The third-order valence-corrected chi connectivity index (χ3v) is 7.66. The molecule has 5 rings (SSSR count). The lowest BCUT2D eigenvalue weighted by molar-refractivity contribution is -0.232. The van der Waals surface area contributed by atoms with Crippen LogP contribution in [0.2, 0.25) is 0 Å². The number of ether oxygens (including phenoxy) is 2. The van der Waals surface area contributed by atoms with Gasteiger partial charge >= 0.3 is 0 Å². The summed E-state index contributed by atoms with van der Waals surface area (Å²) in [5.74, 6) is -2.01. The fourth-order valence-electron chi connectivity index (χ4n) is 5.34. The van der Waals surface area contributed by atoms with E-state index in [4.69, 9.17) is 13.9 Å². The Bertz CT molecular complexity index is 1480. The van der Waals surface area contributed by atoms with Crippen LogP contribution < -0.4 is 5.43 Å². The molecule has 0 saturated carbocycles. The third kappa shape index (κ3) is 4.72. The Kier molecular flexibility index (Phi) is 7.71. The number of aliphatic hydroxyl groups excluding tert-OH is 7. The van der Waals surface area contributed by atoms with E-state index in [2.05, 4.69) is 0 Å². The summed E-state index contributed by atoms with van der Waals surface area (Å²) in [6.07, 6.45) is -16.9. The van der Waals surface area contributed by atoms with Crippen molar-refractivity contribution in [2.45, 2.75) is 68.0 Å². The van der Waals surface area contributed by atoms with Gasteiger partial charge in [0.05, 0.1) is 23.8 Å². The summed E-state index contributed by atoms with van der Waals surface area (Å²) in [7, 11) is 0. The van der Waals surface area contributed by atoms with Crippen LogP contribution in [-0.2, 0) is 9.47 Å². The Balaban J connectivity index is 1.81. The Morgan fingerprint density at radius 1 is 0.732 bits per heavy atom. The molecule has 10 atom stereocenters. The van der Waals surface area contributed by atoms with Gasteiger partial charge in [0.15, 0.2) is 11.0 Å². The van der Waals surface area contributed by atoms with Crippen LogP contribution in [-0.4, -0.2) is 107 Å². The molecular weight excluding hydrogens is 548 g/mol. The Hall–Kier alpha value is -3.31. The minimum absolute atomic E-state index is 0.0719. The van der Waals surface area contributed by atoms with Gasteiger partial charge in [0.1, 0.15) is 83.3 Å². The van der Waals surface area contributed by atoms with E-state index < -0.39 is 107 Å². The van der Waals surface area contributed by atoms with Crippen molar-refractivity contribution >= 4 is 11.0 Å². The van der Waals surface area contributed by atoms with E-state index in [-0.39, 0.29) is 11.5 Å². The summed E-state index contributed by atoms with van der Waals surface area (Å²) in [4.78, 5) is 13.4. The lowest BCUT2D eigenvalue weighted by Gasteiger charge is -2.42. The minimum atomic E-state index is -1.98. The summed E-state index contributed by atoms with van der Waals surface area (Å²) >= 11 is 0. The van der Waals surface area contributed by atoms with Gasteiger partial charge < -0.3 is 65.0 Å². The molecule has 3 heterocycles. The first-order valence-electron chi connectivity index (χ1n) is 12.7. The second kappa shape index (κ2) is 10.8. The lowest BCUT2D eigenvalue weighted by Crippen LogP contribution is -2.55. The van der Waals surface area contributed by atoms with Crippen molar-refractivity contribution in [2.24, 2.45) is 0 Å². The molecule has 14 heteroatoms. The van der Waals surface area contributed by atoms with E-state index in [1.807, 2.05) is 0 Å². The zero-order chi connectivity index (χ0) is 29.9. The van der Waals surface area contributed by atoms with Gasteiger partial charge in [-0.2, -0.15) is 0 Å². The summed E-state index contributed by atoms with van der Waals surface area (Å²) in [5, 5.41) is 104. The van der Waals surface area contributed by atoms with Crippen molar-refractivity contribution in [3.63, 3.8) is 0 Å². The van der Waals surface area contributed by atoms with E-state index in [1.165, 1.54) is 31.2 Å². The molecule has 0 aliphatic carbocycles. The van der Waals surface area contributed by atoms with E-state index in [1.54, 1.807) is 0 Å². The number of fused-ring (bicyclic) bond motifs is 1. The molecule has 2 saturated heterocycles. The first-order chi connectivity index (χ1) is 19.4. The average molecular weight is 579 g/mol. The number of aliphatic hydroxyl groups is 7. The first-order valence-corrected chi connectivity index (χ1v) is 12.7. The largest absolute Gasteiger partial charge is 0.508 e. The number of phenols is 3. The van der Waals surface area contributed by atoms with Crippen LogP contribution in [0, 0.1) is 0 Å². The Morgan fingerprint density at radius 2 is 1.32 bits per heavy atom. The highest BCUT2D eigenvalue weighted by Crippen LogP contribution is 2.50. The van der Waals surface area contributed by atoms with Gasteiger partial charge in [-0.3, -0.25) is 4.79 Å². The Morgan fingerprint density at radius 3 is 1.93 bits per heavy atom. The molecule has 0 unspecified atom stereocenters. The molecule has 2 aliphatic rings. The highest BCUT2D eigenvalue weighted by Gasteiger charge is 2.49. The maximum Gasteiger partial charge on any atom is 0.197 e. The second-order valence-corrected chi connectivity index (χ2v) is 10.2. The molecule has 1 aromatic heterocycles. The monoisotopic (exact) mass is 578 g/mol. The van der Waals surface area contributed by atoms with Gasteiger partial charge in [0.2, 0.25) is 0 Å². The summed E-state index contributed by atoms with van der Waals surface area (Å²) in [6.45, 7) is 0.552. The summed E-state index contributed by atoms with van der Waals surface area (Å²) in [6, 6.07) is 6.51. The van der Waals surface area contributed by atoms with Crippen molar-refractivity contribution in [3.05, 3.63) is 51.7 Å². The molecule has 3 aromatic rings. The molecule has 0 bridgehead atoms. The first kappa shape index (κ1) is 29.2. The number of hydrogen-bond acceptors (Lipinski definition) is 14. The predicted octanol–water partition coefficient (Wildman–Crippen LogP) is -1.37. The molecule has 222 valence electrons. The maximum atomic E-state index is 13.4. The van der Waals surface area contributed by atoms with Crippen LogP contribution in [0.25, 0.3) is 22.3 Å². The molecule has 41 heavy (non-hydrogen) atoms. The van der Waals surface area contributed by atoms with Crippen molar-refractivity contribution in [3.8, 4) is 28.6 Å². The molecule has 10 N–H and O–H groups in total. The van der Waals surface area contributed by atoms with Gasteiger partial charge in [-0.25, -0.2) is 0 Å². The molecule has 2 aromatic carbocycles. The second-order valence-electron chi connectivity index (χ2n) is 10.2. The zero-order valence-electron chi connectivity index (χ0n) is 21.5. The van der Waals surface area contributed by atoms with Crippen LogP contribution in [0.5, 0.6) is 17.2 Å². The van der Waals surface area contributed by atoms with Crippen LogP contribution in [0.1, 0.15) is 30.3 Å². The van der Waals surface area contributed by atoms with Crippen LogP contribution in [0.15, 0.2) is 39.5 Å². The molecule has 2 aliphatic heterocycles. The number of aromatic hydroxyl groups is 3. The van der Waals surface area contributed by atoms with Crippen molar-refractivity contribution < 1.29 is 65.0 Å². The third-order valence-electron chi connectivity index (χ3n) is 7.66. The Labute approximate surface area is 231 Å². The van der Waals surface area contributed by atoms with Crippen molar-refractivity contribution in [1.82, 2.24) is 0 Å². The van der Waals surface area contributed by atoms with Gasteiger partial charge in [0, 0.05) is 11.6 Å². The summed E-state index contributed by atoms with van der Waals surface area (Å²) in [5.41, 5.74) is -2.16. The van der Waals surface area contributed by atoms with E-state index in [0.717, 1.165) is 6.07 Å². The zero-order valence-corrected chi connectivity index (χ0v) is 21.5. The molecule has 2 fully saturated rings. The van der Waals surface area contributed by atoms with Crippen molar-refractivity contribution in [1.29, 1.82) is 0 Å². The average Bonchev–Trinajstić information content (AvgIpc) is 2.94. The van der Waals surface area contributed by atoms with Gasteiger partial charge in [-0.15, -0.1) is 0 Å². The van der Waals surface area contributed by atoms with Crippen molar-refractivity contribution in [2.75, 3.05) is 6.61 Å². The fourth-order valence-corrected chi connectivity index (χ4v) is 5.34. The molecular formula is C27H30O14. The fraction of sp³-hybridized carbons (Fsp3) is 0.444. The quantitative estimate of drug-likeness (QED) is 0.172. The highest BCUT2D eigenvalue weighted by atomic mass is 16.5. The molecule has 0 spiro atoms. The molecule has 14 nitrogen and oxygen atoms in total. The van der Waals surface area contributed by atoms with Crippen LogP contribution >= 0.6 is 0 Å². The van der Waals surface area contributed by atoms with Crippen LogP contribution in [0.4, 0.5) is 0 Å². The number of rotatable bonds is 4. The minimum Gasteiger partial charge on any atom is -0.508 e. The van der Waals surface area contributed by atoms with Gasteiger partial charge in [0.25, 0.3) is 0 Å². The topological polar surface area (TPSA) is 251 Å². The standard InChI is InChI=1S/C27H30O14/c1-8-17(31)21(35)23(37)27(39-8)16-20(34)15(26-24(38)22(36)18(32)13(7-28)41-26)19(33)14-11(30)6-12(40-25(14)16)9-2-4-10(29)5-3-9/h2-6,8,13,17-18,21-24,26-29,31-38H,7H2,1H3/t8-,13+,17-,18+,21-,22-,23+,24+,26-,27-/m0/s1. The molecule has 0 radical (unpaired) electrons. The van der Waals surface area contributed by atoms with Gasteiger partial charge in [-0.05, 0) is 31.2 Å². The maximum absolute atomic E-state index is 13.4. The molecule has 0 amide bonds. The SMILES string of the molecule is C[C@@H]1O[C@@H](c2c(O)c([C@@H]3O[C@H](CO)[C@@H](O)[C@H](O)[C@H]3O)c(O)c3c(=O)cc(-c4ccc(O)cc4)oc23)[C@H](O)[C@@H](O)[C@H]1O. The van der Waals surface area contributed by atoms with E-state index >= 15 is 0 Å². The van der Waals surface area contributed by atoms with Crippen LogP contribution in [0.3, 0.4) is 0 Å². The van der Waals surface area contributed by atoms with E-state index in [9.17, 15) is 55.9 Å². The summed E-state index contributed by atoms with van der Waals surface area (Å²) < 4.78 is 17.2. The van der Waals surface area contributed by atoms with Gasteiger partial charge in [-0.1, -0.05) is 0 Å². The van der Waals surface area contributed by atoms with E-state index in [0.29, 0.717) is 5.56 Å². The normalized spacial score (nSPS) is 34.1. The number of hydrogen-bond donors (Lipinski definition) is 10. The number of benzene rings is 2. The highest BCUT2D eigenvalue weighted by molar-refractivity contribution is 5.92. The lowest BCUT2D eigenvalue weighted by atomic mass is 9.85. The number of phenolic OH excluding ortho intramolecular Hbond substituents is 3. The smallest absolute Gasteiger partial charge is 0.197 e.